The number of hydrogen-bond acceptors (Lipinski definition) is 7. The predicted octanol–water partition coefficient (Wildman–Crippen LogP) is 2.79. The molecule has 3 heterocycles. The molecule has 1 amide bonds. The number of benzene rings is 1. The monoisotopic (exact) mass is 428 g/mol. The van der Waals surface area contributed by atoms with Crippen LogP contribution in [-0.4, -0.2) is 46.8 Å². The van der Waals surface area contributed by atoms with Gasteiger partial charge in [0.2, 0.25) is 10.0 Å². The van der Waals surface area contributed by atoms with Crippen molar-refractivity contribution in [1.29, 1.82) is 0 Å². The lowest BCUT2D eigenvalue weighted by atomic mass is 10.2. The Kier molecular flexibility index (Phi) is 5.27. The van der Waals surface area contributed by atoms with Crippen molar-refractivity contribution in [2.45, 2.75) is 24.7 Å². The minimum absolute atomic E-state index is 0.00466. The average molecular weight is 428 g/mol. The molecular formula is C20H20N4O5S. The number of amides is 1. The van der Waals surface area contributed by atoms with Crippen LogP contribution in [0.4, 0.5) is 5.69 Å². The molecule has 4 rings (SSSR count). The summed E-state index contributed by atoms with van der Waals surface area (Å²) in [5.74, 6) is -0.0577. The van der Waals surface area contributed by atoms with E-state index in [0.717, 1.165) is 12.8 Å². The molecule has 0 unspecified atom stereocenters. The molecule has 1 fully saturated rings. The quantitative estimate of drug-likeness (QED) is 0.640. The molecule has 156 valence electrons. The highest BCUT2D eigenvalue weighted by Crippen LogP contribution is 2.27. The van der Waals surface area contributed by atoms with Gasteiger partial charge < -0.3 is 14.8 Å². The summed E-state index contributed by atoms with van der Waals surface area (Å²) in [5, 5.41) is 12.2. The number of rotatable bonds is 5. The van der Waals surface area contributed by atoms with E-state index in [1.165, 1.54) is 35.8 Å². The number of anilines is 1. The lowest BCUT2D eigenvalue weighted by Crippen LogP contribution is -2.28. The fraction of sp³-hybridized carbons (Fsp3) is 0.250. The van der Waals surface area contributed by atoms with Crippen LogP contribution in [0.2, 0.25) is 0 Å². The van der Waals surface area contributed by atoms with Crippen molar-refractivity contribution in [1.82, 2.24) is 14.3 Å². The first kappa shape index (κ1) is 20.0. The minimum Gasteiger partial charge on any atom is -0.508 e. The zero-order chi connectivity index (χ0) is 21.3. The smallest absolute Gasteiger partial charge is 0.291 e. The average Bonchev–Trinajstić information content (AvgIpc) is 3.39. The Morgan fingerprint density at radius 2 is 1.87 bits per heavy atom. The van der Waals surface area contributed by atoms with Crippen molar-refractivity contribution in [2.75, 3.05) is 18.4 Å². The Balaban J connectivity index is 1.50. The Morgan fingerprint density at radius 3 is 2.53 bits per heavy atom. The maximum absolute atomic E-state index is 12.7. The fourth-order valence-electron chi connectivity index (χ4n) is 3.28. The number of furan rings is 1. The molecule has 0 saturated carbocycles. The van der Waals surface area contributed by atoms with Crippen LogP contribution in [0.25, 0.3) is 11.4 Å². The SMILES string of the molecule is Cc1oc(C(=O)Nc2cnc(-c3cccc(O)c3)nc2)cc1S(=O)(=O)N1CCCC1. The molecule has 0 aliphatic carbocycles. The van der Waals surface area contributed by atoms with Crippen molar-refractivity contribution in [2.24, 2.45) is 0 Å². The van der Waals surface area contributed by atoms with Crippen LogP contribution in [0.3, 0.4) is 0 Å². The maximum Gasteiger partial charge on any atom is 0.291 e. The normalized spacial score (nSPS) is 14.7. The van der Waals surface area contributed by atoms with Crippen LogP contribution in [-0.2, 0) is 10.0 Å². The van der Waals surface area contributed by atoms with E-state index in [-0.39, 0.29) is 22.2 Å². The van der Waals surface area contributed by atoms with Crippen molar-refractivity contribution in [3.05, 3.63) is 54.2 Å². The molecular weight excluding hydrogens is 408 g/mol. The first-order valence-electron chi connectivity index (χ1n) is 9.38. The van der Waals surface area contributed by atoms with Gasteiger partial charge in [-0.3, -0.25) is 4.79 Å². The topological polar surface area (TPSA) is 126 Å². The van der Waals surface area contributed by atoms with Crippen molar-refractivity contribution < 1.29 is 22.7 Å². The zero-order valence-electron chi connectivity index (χ0n) is 16.2. The van der Waals surface area contributed by atoms with Crippen molar-refractivity contribution in [3.63, 3.8) is 0 Å². The van der Waals surface area contributed by atoms with E-state index in [1.54, 1.807) is 18.2 Å². The van der Waals surface area contributed by atoms with Crippen molar-refractivity contribution in [3.8, 4) is 17.1 Å². The summed E-state index contributed by atoms with van der Waals surface area (Å²) in [4.78, 5) is 20.9. The molecule has 0 atom stereocenters. The molecule has 30 heavy (non-hydrogen) atoms. The Labute approximate surface area is 173 Å². The number of nitrogens with zero attached hydrogens (tertiary/aromatic N) is 3. The summed E-state index contributed by atoms with van der Waals surface area (Å²) in [6.45, 7) is 2.46. The minimum atomic E-state index is -3.68. The van der Waals surface area contributed by atoms with Crippen LogP contribution in [0.5, 0.6) is 5.75 Å². The number of carbonyl (C=O) groups excluding carboxylic acids is 1. The van der Waals surface area contributed by atoms with Crippen LogP contribution in [0.1, 0.15) is 29.2 Å². The molecule has 3 aromatic rings. The van der Waals surface area contributed by atoms with Gasteiger partial charge in [-0.05, 0) is 31.9 Å². The highest BCUT2D eigenvalue weighted by molar-refractivity contribution is 7.89. The highest BCUT2D eigenvalue weighted by Gasteiger charge is 2.31. The van der Waals surface area contributed by atoms with Gasteiger partial charge in [0.05, 0.1) is 18.1 Å². The second kappa shape index (κ2) is 7.88. The summed E-state index contributed by atoms with van der Waals surface area (Å²) >= 11 is 0. The van der Waals surface area contributed by atoms with Gasteiger partial charge in [0.1, 0.15) is 16.4 Å². The lowest BCUT2D eigenvalue weighted by Gasteiger charge is -2.14. The zero-order valence-corrected chi connectivity index (χ0v) is 17.0. The molecule has 1 aliphatic heterocycles. The molecule has 0 spiro atoms. The summed E-state index contributed by atoms with van der Waals surface area (Å²) < 4.78 is 32.3. The number of aromatic hydroxyl groups is 1. The van der Waals surface area contributed by atoms with Gasteiger partial charge in [-0.15, -0.1) is 0 Å². The van der Waals surface area contributed by atoms with Crippen LogP contribution >= 0.6 is 0 Å². The largest absolute Gasteiger partial charge is 0.508 e. The predicted molar refractivity (Wildman–Crippen MR) is 109 cm³/mol. The summed E-state index contributed by atoms with van der Waals surface area (Å²) in [6.07, 6.45) is 4.48. The van der Waals surface area contributed by atoms with Gasteiger partial charge in [0, 0.05) is 24.7 Å². The van der Waals surface area contributed by atoms with E-state index in [2.05, 4.69) is 15.3 Å². The van der Waals surface area contributed by atoms with E-state index in [4.69, 9.17) is 4.42 Å². The maximum atomic E-state index is 12.7. The molecule has 0 bridgehead atoms. The third-order valence-corrected chi connectivity index (χ3v) is 6.80. The fourth-order valence-corrected chi connectivity index (χ4v) is 4.96. The highest BCUT2D eigenvalue weighted by atomic mass is 32.2. The molecule has 2 N–H and O–H groups in total. The van der Waals surface area contributed by atoms with Gasteiger partial charge in [-0.1, -0.05) is 12.1 Å². The van der Waals surface area contributed by atoms with Crippen LogP contribution in [0.15, 0.2) is 52.0 Å². The number of nitrogens with one attached hydrogen (secondary N) is 1. The number of hydrogen-bond donors (Lipinski definition) is 2. The Morgan fingerprint density at radius 1 is 1.17 bits per heavy atom. The van der Waals surface area contributed by atoms with Crippen LogP contribution in [0, 0.1) is 6.92 Å². The molecule has 1 aromatic carbocycles. The summed E-state index contributed by atoms with van der Waals surface area (Å²) in [6, 6.07) is 7.75. The van der Waals surface area contributed by atoms with Gasteiger partial charge >= 0.3 is 0 Å². The molecule has 0 radical (unpaired) electrons. The van der Waals surface area contributed by atoms with Gasteiger partial charge in [0.25, 0.3) is 5.91 Å². The van der Waals surface area contributed by atoms with Gasteiger partial charge in [-0.2, -0.15) is 4.31 Å². The van der Waals surface area contributed by atoms with Crippen LogP contribution < -0.4 is 5.32 Å². The molecule has 2 aromatic heterocycles. The second-order valence-corrected chi connectivity index (χ2v) is 8.85. The lowest BCUT2D eigenvalue weighted by molar-refractivity contribution is 0.0995. The summed E-state index contributed by atoms with van der Waals surface area (Å²) in [5.41, 5.74) is 0.952. The van der Waals surface area contributed by atoms with E-state index in [0.29, 0.717) is 30.2 Å². The molecule has 1 aliphatic rings. The Hall–Kier alpha value is -3.24. The second-order valence-electron chi connectivity index (χ2n) is 6.94. The van der Waals surface area contributed by atoms with E-state index < -0.39 is 15.9 Å². The third kappa shape index (κ3) is 3.91. The van der Waals surface area contributed by atoms with Gasteiger partial charge in [-0.25, -0.2) is 18.4 Å². The van der Waals surface area contributed by atoms with E-state index in [9.17, 15) is 18.3 Å². The van der Waals surface area contributed by atoms with Gasteiger partial charge in [0.15, 0.2) is 11.6 Å². The number of phenols is 1. The number of carbonyl (C=O) groups is 1. The number of aryl methyl sites for hydroxylation is 1. The van der Waals surface area contributed by atoms with E-state index >= 15 is 0 Å². The number of aromatic nitrogens is 2. The Bertz CT molecular complexity index is 1180. The molecule has 10 heteroatoms. The third-order valence-electron chi connectivity index (χ3n) is 4.79. The summed E-state index contributed by atoms with van der Waals surface area (Å²) in [7, 11) is -3.68. The first-order valence-corrected chi connectivity index (χ1v) is 10.8. The first-order chi connectivity index (χ1) is 14.3. The molecule has 1 saturated heterocycles. The molecule has 9 nitrogen and oxygen atoms in total. The number of phenolic OH excluding ortho intramolecular Hbond substituents is 1. The number of sulfonamides is 1. The standard InChI is InChI=1S/C20H20N4O5S/c1-13-18(30(27,28)24-7-2-3-8-24)10-17(29-13)20(26)23-15-11-21-19(22-12-15)14-5-4-6-16(25)9-14/h4-6,9-12,25H,2-3,7-8H2,1H3,(H,23,26). The van der Waals surface area contributed by atoms with Crippen molar-refractivity contribution >= 4 is 21.6 Å². The van der Waals surface area contributed by atoms with E-state index in [1.807, 2.05) is 0 Å².